The number of carbonyl (C=O) groups excluding carboxylic acids is 1. The standard InChI is InChI=1S/C17H22N2O2S/c1-3-5-6-16(20)19-17-18-15(12-22-17)13-7-9-14(10-8-13)21-11-4-2/h7-10,12H,3-6,11H2,1-2H3,(H,18,19,20). The lowest BCUT2D eigenvalue weighted by atomic mass is 10.2. The molecule has 5 heteroatoms. The second-order valence-electron chi connectivity index (χ2n) is 5.06. The average molecular weight is 318 g/mol. The third kappa shape index (κ3) is 4.84. The number of hydrogen-bond acceptors (Lipinski definition) is 4. The summed E-state index contributed by atoms with van der Waals surface area (Å²) in [5.74, 6) is 0.903. The van der Waals surface area contributed by atoms with Crippen LogP contribution in [0.15, 0.2) is 29.6 Å². The fourth-order valence-electron chi connectivity index (χ4n) is 1.92. The molecule has 0 saturated heterocycles. The van der Waals surface area contributed by atoms with Crippen molar-refractivity contribution >= 4 is 22.4 Å². The van der Waals surface area contributed by atoms with Crippen molar-refractivity contribution in [2.24, 2.45) is 0 Å². The molecule has 0 unspecified atom stereocenters. The summed E-state index contributed by atoms with van der Waals surface area (Å²) >= 11 is 1.45. The van der Waals surface area contributed by atoms with Crippen LogP contribution in [-0.4, -0.2) is 17.5 Å². The molecular formula is C17H22N2O2S. The van der Waals surface area contributed by atoms with E-state index in [1.54, 1.807) is 0 Å². The molecule has 22 heavy (non-hydrogen) atoms. The Morgan fingerprint density at radius 3 is 2.68 bits per heavy atom. The number of benzene rings is 1. The number of hydrogen-bond donors (Lipinski definition) is 1. The Labute approximate surface area is 135 Å². The molecule has 1 aromatic heterocycles. The number of anilines is 1. The maximum atomic E-state index is 11.7. The minimum absolute atomic E-state index is 0.0334. The van der Waals surface area contributed by atoms with Gasteiger partial charge in [0.25, 0.3) is 0 Å². The van der Waals surface area contributed by atoms with Crippen molar-refractivity contribution in [1.29, 1.82) is 0 Å². The molecule has 1 amide bonds. The number of thiazole rings is 1. The van der Waals surface area contributed by atoms with Crippen LogP contribution in [0, 0.1) is 0 Å². The highest BCUT2D eigenvalue weighted by atomic mass is 32.1. The molecule has 2 aromatic rings. The van der Waals surface area contributed by atoms with Gasteiger partial charge in [-0.2, -0.15) is 0 Å². The van der Waals surface area contributed by atoms with Crippen LogP contribution in [0.3, 0.4) is 0 Å². The number of nitrogens with one attached hydrogen (secondary N) is 1. The van der Waals surface area contributed by atoms with Gasteiger partial charge >= 0.3 is 0 Å². The zero-order valence-electron chi connectivity index (χ0n) is 13.1. The summed E-state index contributed by atoms with van der Waals surface area (Å²) in [6, 6.07) is 7.87. The predicted molar refractivity (Wildman–Crippen MR) is 91.5 cm³/mol. The Kier molecular flexibility index (Phi) is 6.40. The van der Waals surface area contributed by atoms with E-state index < -0.39 is 0 Å². The minimum Gasteiger partial charge on any atom is -0.494 e. The van der Waals surface area contributed by atoms with E-state index in [1.807, 2.05) is 29.6 Å². The zero-order chi connectivity index (χ0) is 15.8. The summed E-state index contributed by atoms with van der Waals surface area (Å²) in [4.78, 5) is 16.2. The Hall–Kier alpha value is -1.88. The molecule has 0 aliphatic rings. The quantitative estimate of drug-likeness (QED) is 0.765. The molecule has 1 N–H and O–H groups in total. The molecule has 0 saturated carbocycles. The van der Waals surface area contributed by atoms with Crippen LogP contribution < -0.4 is 10.1 Å². The van der Waals surface area contributed by atoms with Crippen molar-refractivity contribution in [3.8, 4) is 17.0 Å². The third-order valence-electron chi connectivity index (χ3n) is 3.13. The second-order valence-corrected chi connectivity index (χ2v) is 5.92. The van der Waals surface area contributed by atoms with Crippen molar-refractivity contribution in [2.45, 2.75) is 39.5 Å². The molecule has 4 nitrogen and oxygen atoms in total. The average Bonchev–Trinajstić information content (AvgIpc) is 3.00. The van der Waals surface area contributed by atoms with Gasteiger partial charge in [-0.15, -0.1) is 11.3 Å². The van der Waals surface area contributed by atoms with Gasteiger partial charge in [0.2, 0.25) is 5.91 Å². The Bertz CT molecular complexity index is 593. The van der Waals surface area contributed by atoms with Crippen molar-refractivity contribution in [3.05, 3.63) is 29.6 Å². The summed E-state index contributed by atoms with van der Waals surface area (Å²) in [5, 5.41) is 5.46. The van der Waals surface area contributed by atoms with Crippen LogP contribution in [0.2, 0.25) is 0 Å². The molecule has 0 radical (unpaired) electrons. The first-order valence-corrected chi connectivity index (χ1v) is 8.59. The number of nitrogens with zero attached hydrogens (tertiary/aromatic N) is 1. The van der Waals surface area contributed by atoms with E-state index in [2.05, 4.69) is 24.1 Å². The van der Waals surface area contributed by atoms with Gasteiger partial charge in [-0.3, -0.25) is 4.79 Å². The fraction of sp³-hybridized carbons (Fsp3) is 0.412. The molecular weight excluding hydrogens is 296 g/mol. The SMILES string of the molecule is CCCCC(=O)Nc1nc(-c2ccc(OCCC)cc2)cs1. The van der Waals surface area contributed by atoms with Crippen molar-refractivity contribution < 1.29 is 9.53 Å². The van der Waals surface area contributed by atoms with Crippen LogP contribution in [0.5, 0.6) is 5.75 Å². The van der Waals surface area contributed by atoms with Crippen molar-refractivity contribution in [1.82, 2.24) is 4.98 Å². The number of rotatable bonds is 8. The smallest absolute Gasteiger partial charge is 0.226 e. The first kappa shape index (κ1) is 16.5. The number of ether oxygens (including phenoxy) is 1. The summed E-state index contributed by atoms with van der Waals surface area (Å²) in [7, 11) is 0. The normalized spacial score (nSPS) is 10.5. The number of amides is 1. The molecule has 0 aliphatic heterocycles. The highest BCUT2D eigenvalue weighted by molar-refractivity contribution is 7.14. The third-order valence-corrected chi connectivity index (χ3v) is 3.89. The molecule has 0 spiro atoms. The van der Waals surface area contributed by atoms with Gasteiger partial charge in [-0.25, -0.2) is 4.98 Å². The van der Waals surface area contributed by atoms with E-state index in [4.69, 9.17) is 4.74 Å². The van der Waals surface area contributed by atoms with Gasteiger partial charge in [-0.05, 0) is 37.1 Å². The fourth-order valence-corrected chi connectivity index (χ4v) is 2.66. The number of aromatic nitrogens is 1. The number of carbonyl (C=O) groups is 1. The molecule has 1 heterocycles. The largest absolute Gasteiger partial charge is 0.494 e. The van der Waals surface area contributed by atoms with E-state index in [0.717, 1.165) is 42.9 Å². The van der Waals surface area contributed by atoms with E-state index in [1.165, 1.54) is 11.3 Å². The highest BCUT2D eigenvalue weighted by Crippen LogP contribution is 2.26. The Morgan fingerprint density at radius 2 is 2.00 bits per heavy atom. The maximum Gasteiger partial charge on any atom is 0.226 e. The highest BCUT2D eigenvalue weighted by Gasteiger charge is 2.08. The minimum atomic E-state index is 0.0334. The lowest BCUT2D eigenvalue weighted by molar-refractivity contribution is -0.116. The van der Waals surface area contributed by atoms with Gasteiger partial charge < -0.3 is 10.1 Å². The topological polar surface area (TPSA) is 51.2 Å². The first-order valence-electron chi connectivity index (χ1n) is 7.71. The van der Waals surface area contributed by atoms with E-state index in [-0.39, 0.29) is 5.91 Å². The number of unbranched alkanes of at least 4 members (excludes halogenated alkanes) is 1. The van der Waals surface area contributed by atoms with Gasteiger partial charge in [0.15, 0.2) is 5.13 Å². The summed E-state index contributed by atoms with van der Waals surface area (Å²) in [6.45, 7) is 4.88. The second kappa shape index (κ2) is 8.54. The summed E-state index contributed by atoms with van der Waals surface area (Å²) < 4.78 is 5.57. The van der Waals surface area contributed by atoms with Crippen molar-refractivity contribution in [3.63, 3.8) is 0 Å². The zero-order valence-corrected chi connectivity index (χ0v) is 13.9. The van der Waals surface area contributed by atoms with Crippen LogP contribution in [0.25, 0.3) is 11.3 Å². The summed E-state index contributed by atoms with van der Waals surface area (Å²) in [6.07, 6.45) is 3.47. The molecule has 0 fully saturated rings. The van der Waals surface area contributed by atoms with Gasteiger partial charge in [-0.1, -0.05) is 20.3 Å². The van der Waals surface area contributed by atoms with Gasteiger partial charge in [0.05, 0.1) is 12.3 Å². The van der Waals surface area contributed by atoms with E-state index in [9.17, 15) is 4.79 Å². The molecule has 1 aromatic carbocycles. The predicted octanol–water partition coefficient (Wildman–Crippen LogP) is 4.73. The molecule has 0 aliphatic carbocycles. The molecule has 118 valence electrons. The van der Waals surface area contributed by atoms with Gasteiger partial charge in [0, 0.05) is 17.4 Å². The molecule has 0 bridgehead atoms. The lowest BCUT2D eigenvalue weighted by Crippen LogP contribution is -2.10. The molecule has 0 atom stereocenters. The Balaban J connectivity index is 1.97. The van der Waals surface area contributed by atoms with Gasteiger partial charge in [0.1, 0.15) is 5.75 Å². The maximum absolute atomic E-state index is 11.7. The summed E-state index contributed by atoms with van der Waals surface area (Å²) in [5.41, 5.74) is 1.90. The van der Waals surface area contributed by atoms with Crippen LogP contribution in [-0.2, 0) is 4.79 Å². The first-order chi connectivity index (χ1) is 10.7. The van der Waals surface area contributed by atoms with E-state index in [0.29, 0.717) is 11.6 Å². The van der Waals surface area contributed by atoms with Crippen LogP contribution >= 0.6 is 11.3 Å². The van der Waals surface area contributed by atoms with E-state index >= 15 is 0 Å². The van der Waals surface area contributed by atoms with Crippen LogP contribution in [0.4, 0.5) is 5.13 Å². The molecule has 2 rings (SSSR count). The van der Waals surface area contributed by atoms with Crippen molar-refractivity contribution in [2.75, 3.05) is 11.9 Å². The Morgan fingerprint density at radius 1 is 1.23 bits per heavy atom. The monoisotopic (exact) mass is 318 g/mol. The van der Waals surface area contributed by atoms with Crippen LogP contribution in [0.1, 0.15) is 39.5 Å². The lowest BCUT2D eigenvalue weighted by Gasteiger charge is -2.04.